The van der Waals surface area contributed by atoms with Crippen molar-refractivity contribution >= 4 is 5.78 Å². The molecule has 0 aromatic heterocycles. The van der Waals surface area contributed by atoms with E-state index in [1.807, 2.05) is 25.2 Å². The van der Waals surface area contributed by atoms with Crippen LogP contribution in [0.5, 0.6) is 0 Å². The van der Waals surface area contributed by atoms with Crippen LogP contribution in [0.25, 0.3) is 0 Å². The van der Waals surface area contributed by atoms with E-state index in [2.05, 4.69) is 12.3 Å². The van der Waals surface area contributed by atoms with Crippen molar-refractivity contribution in [2.24, 2.45) is 0 Å². The first-order chi connectivity index (χ1) is 6.31. The minimum atomic E-state index is 0.334. The Morgan fingerprint density at radius 3 is 2.85 bits per heavy atom. The third-order valence-electron chi connectivity index (χ3n) is 1.78. The average molecular weight is 178 g/mol. The van der Waals surface area contributed by atoms with Gasteiger partial charge in [0.25, 0.3) is 0 Å². The first kappa shape index (κ1) is 11.9. The van der Waals surface area contributed by atoms with Crippen molar-refractivity contribution in [3.8, 4) is 0 Å². The molecule has 0 N–H and O–H groups in total. The summed E-state index contributed by atoms with van der Waals surface area (Å²) in [5, 5.41) is 0. The first-order valence-electron chi connectivity index (χ1n) is 4.78. The maximum Gasteiger partial charge on any atom is 0.136 e. The van der Waals surface area contributed by atoms with E-state index < -0.39 is 0 Å². The van der Waals surface area contributed by atoms with Crippen LogP contribution in [0.4, 0.5) is 0 Å². The molecule has 0 bridgehead atoms. The fourth-order valence-electron chi connectivity index (χ4n) is 1.02. The number of hydrogen-bond acceptors (Lipinski definition) is 1. The molecule has 0 saturated carbocycles. The molecule has 0 unspecified atom stereocenters. The van der Waals surface area contributed by atoms with Crippen LogP contribution >= 0.6 is 0 Å². The summed E-state index contributed by atoms with van der Waals surface area (Å²) in [7, 11) is 0. The number of allylic oxidation sites excluding steroid dienone is 3. The first-order valence-corrected chi connectivity index (χ1v) is 4.78. The zero-order valence-electron chi connectivity index (χ0n) is 8.38. The lowest BCUT2D eigenvalue weighted by Gasteiger charge is -1.95. The fraction of sp³-hybridized carbons (Fsp3) is 0.500. The Morgan fingerprint density at radius 2 is 2.23 bits per heavy atom. The molecule has 0 atom stereocenters. The zero-order valence-corrected chi connectivity index (χ0v) is 8.38. The Hall–Kier alpha value is -1.07. The normalized spacial score (nSPS) is 9.92. The van der Waals surface area contributed by atoms with E-state index in [0.717, 1.165) is 19.3 Å². The summed E-state index contributed by atoms with van der Waals surface area (Å²) >= 11 is 0. The van der Waals surface area contributed by atoms with E-state index in [-0.39, 0.29) is 0 Å². The average Bonchev–Trinajstić information content (AvgIpc) is 2.14. The highest BCUT2D eigenvalue weighted by Gasteiger charge is 1.97. The second-order valence-electron chi connectivity index (χ2n) is 2.97. The standard InChI is InChI=1S/C12H18O/c1-3-5-7-8-9-11-12(13)10-6-4-2/h4-6H,1,7-11H2,2H3/b6-4+. The molecule has 0 aromatic carbocycles. The lowest BCUT2D eigenvalue weighted by molar-refractivity contribution is -0.118. The molecular formula is C12H18O. The molecule has 0 aliphatic heterocycles. The molecule has 0 spiro atoms. The third kappa shape index (κ3) is 8.84. The third-order valence-corrected chi connectivity index (χ3v) is 1.78. The van der Waals surface area contributed by atoms with Gasteiger partial charge in [0.05, 0.1) is 0 Å². The monoisotopic (exact) mass is 178 g/mol. The van der Waals surface area contributed by atoms with Crippen LogP contribution in [0.3, 0.4) is 0 Å². The van der Waals surface area contributed by atoms with Crippen molar-refractivity contribution in [1.82, 2.24) is 0 Å². The van der Waals surface area contributed by atoms with Crippen LogP contribution in [0.1, 0.15) is 39.0 Å². The van der Waals surface area contributed by atoms with Gasteiger partial charge in [-0.15, -0.1) is 5.73 Å². The van der Waals surface area contributed by atoms with Gasteiger partial charge in [0, 0.05) is 12.8 Å². The summed E-state index contributed by atoms with van der Waals surface area (Å²) in [6.45, 7) is 5.41. The fourth-order valence-corrected chi connectivity index (χ4v) is 1.02. The van der Waals surface area contributed by atoms with Gasteiger partial charge in [-0.1, -0.05) is 18.7 Å². The summed E-state index contributed by atoms with van der Waals surface area (Å²) in [6.07, 6.45) is 10.1. The second-order valence-corrected chi connectivity index (χ2v) is 2.97. The van der Waals surface area contributed by atoms with E-state index in [0.29, 0.717) is 18.6 Å². The number of carbonyl (C=O) groups is 1. The highest BCUT2D eigenvalue weighted by Crippen LogP contribution is 2.03. The summed E-state index contributed by atoms with van der Waals surface area (Å²) in [6, 6.07) is 0. The molecule has 0 fully saturated rings. The van der Waals surface area contributed by atoms with Crippen LogP contribution in [-0.4, -0.2) is 5.78 Å². The highest BCUT2D eigenvalue weighted by molar-refractivity contribution is 5.79. The molecule has 13 heavy (non-hydrogen) atoms. The van der Waals surface area contributed by atoms with Gasteiger partial charge in [-0.25, -0.2) is 0 Å². The number of unbranched alkanes of at least 4 members (excludes halogenated alkanes) is 2. The Bertz CT molecular complexity index is 207. The molecule has 0 saturated heterocycles. The lowest BCUT2D eigenvalue weighted by atomic mass is 10.1. The van der Waals surface area contributed by atoms with E-state index in [4.69, 9.17) is 0 Å². The largest absolute Gasteiger partial charge is 0.299 e. The Kier molecular flexibility index (Phi) is 8.28. The second kappa shape index (κ2) is 9.02. The lowest BCUT2D eigenvalue weighted by Crippen LogP contribution is -1.94. The smallest absolute Gasteiger partial charge is 0.136 e. The molecule has 72 valence electrons. The number of ketones is 1. The van der Waals surface area contributed by atoms with Crippen LogP contribution in [-0.2, 0) is 4.79 Å². The molecule has 0 rings (SSSR count). The van der Waals surface area contributed by atoms with Gasteiger partial charge in [-0.05, 0) is 32.3 Å². The maximum atomic E-state index is 11.1. The molecule has 0 aliphatic carbocycles. The van der Waals surface area contributed by atoms with Gasteiger partial charge in [0.1, 0.15) is 5.78 Å². The van der Waals surface area contributed by atoms with Crippen LogP contribution in [0.15, 0.2) is 30.5 Å². The van der Waals surface area contributed by atoms with Gasteiger partial charge in [0.2, 0.25) is 0 Å². The van der Waals surface area contributed by atoms with E-state index in [9.17, 15) is 4.79 Å². The predicted molar refractivity (Wildman–Crippen MR) is 56.6 cm³/mol. The van der Waals surface area contributed by atoms with E-state index in [1.54, 1.807) is 0 Å². The predicted octanol–water partition coefficient (Wildman–Crippen LogP) is 3.42. The molecule has 0 aromatic rings. The summed E-state index contributed by atoms with van der Waals surface area (Å²) in [4.78, 5) is 11.1. The van der Waals surface area contributed by atoms with Gasteiger partial charge < -0.3 is 0 Å². The van der Waals surface area contributed by atoms with Crippen LogP contribution in [0.2, 0.25) is 0 Å². The van der Waals surface area contributed by atoms with Crippen molar-refractivity contribution in [1.29, 1.82) is 0 Å². The molecule has 1 nitrogen and oxygen atoms in total. The molecule has 0 heterocycles. The Morgan fingerprint density at radius 1 is 1.46 bits per heavy atom. The summed E-state index contributed by atoms with van der Waals surface area (Å²) in [5.41, 5.74) is 2.72. The minimum Gasteiger partial charge on any atom is -0.299 e. The number of Topliss-reactive ketones (excluding diaryl/α,β-unsaturated/α-hetero) is 1. The van der Waals surface area contributed by atoms with Crippen molar-refractivity contribution < 1.29 is 4.79 Å². The summed E-state index contributed by atoms with van der Waals surface area (Å²) < 4.78 is 0. The summed E-state index contributed by atoms with van der Waals surface area (Å²) in [5.74, 6) is 0.334. The highest BCUT2D eigenvalue weighted by atomic mass is 16.1. The SMILES string of the molecule is C=C=CCCCCC(=O)C/C=C/C. The zero-order chi connectivity index (χ0) is 9.94. The number of rotatable bonds is 7. The molecule has 0 aliphatic rings. The minimum absolute atomic E-state index is 0.334. The molecule has 0 radical (unpaired) electrons. The van der Waals surface area contributed by atoms with Crippen molar-refractivity contribution in [2.45, 2.75) is 39.0 Å². The molecule has 1 heteroatoms. The van der Waals surface area contributed by atoms with Gasteiger partial charge in [-0.2, -0.15) is 0 Å². The maximum absolute atomic E-state index is 11.1. The van der Waals surface area contributed by atoms with Crippen LogP contribution in [0, 0.1) is 0 Å². The van der Waals surface area contributed by atoms with Crippen molar-refractivity contribution in [2.75, 3.05) is 0 Å². The van der Waals surface area contributed by atoms with Crippen molar-refractivity contribution in [3.05, 3.63) is 30.5 Å². The number of hydrogen-bond donors (Lipinski definition) is 0. The van der Waals surface area contributed by atoms with E-state index >= 15 is 0 Å². The Labute approximate surface area is 80.8 Å². The van der Waals surface area contributed by atoms with Gasteiger partial charge in [0.15, 0.2) is 0 Å². The Balaban J connectivity index is 3.31. The molecule has 0 amide bonds. The molecular weight excluding hydrogens is 160 g/mol. The quantitative estimate of drug-likeness (QED) is 0.331. The van der Waals surface area contributed by atoms with Gasteiger partial charge >= 0.3 is 0 Å². The topological polar surface area (TPSA) is 17.1 Å². The number of carbonyl (C=O) groups excluding carboxylic acids is 1. The van der Waals surface area contributed by atoms with E-state index in [1.165, 1.54) is 0 Å². The van der Waals surface area contributed by atoms with Crippen molar-refractivity contribution in [3.63, 3.8) is 0 Å². The van der Waals surface area contributed by atoms with Crippen LogP contribution < -0.4 is 0 Å². The van der Waals surface area contributed by atoms with Gasteiger partial charge in [-0.3, -0.25) is 4.79 Å².